The molecule has 1 aliphatic heterocycles. The Morgan fingerprint density at radius 2 is 1.72 bits per heavy atom. The molecule has 6 aromatic rings. The highest BCUT2D eigenvalue weighted by Crippen LogP contribution is 2.21. The maximum absolute atomic E-state index is 13.3. The average molecular weight is 735 g/mol. The number of rotatable bonds is 8. The van der Waals surface area contributed by atoms with Gasteiger partial charge in [0.25, 0.3) is 0 Å². The molecule has 7 rings (SSSR count). The first-order valence-electron chi connectivity index (χ1n) is 16.9. The molecule has 1 aliphatic rings. The molecule has 6 N–H and O–H groups in total. The van der Waals surface area contributed by atoms with Crippen LogP contribution in [0.5, 0.6) is 5.75 Å². The fourth-order valence-corrected chi connectivity index (χ4v) is 5.35. The van der Waals surface area contributed by atoms with Gasteiger partial charge in [-0.3, -0.25) is 14.6 Å². The Kier molecular flexibility index (Phi) is 15.4. The van der Waals surface area contributed by atoms with E-state index in [9.17, 15) is 14.0 Å². The Morgan fingerprint density at radius 1 is 0.981 bits per heavy atom. The first kappa shape index (κ1) is 40.4. The van der Waals surface area contributed by atoms with Crippen molar-refractivity contribution in [2.24, 2.45) is 11.5 Å². The molecule has 1 fully saturated rings. The zero-order chi connectivity index (χ0) is 38.9. The Labute approximate surface area is 312 Å². The number of hydrogen-bond acceptors (Lipinski definition) is 11. The summed E-state index contributed by atoms with van der Waals surface area (Å²) < 4.78 is 18.6. The number of halogens is 1. The van der Waals surface area contributed by atoms with E-state index in [-0.39, 0.29) is 38.0 Å². The number of benzene rings is 3. The van der Waals surface area contributed by atoms with Gasteiger partial charge < -0.3 is 41.0 Å². The molecule has 1 unspecified atom stereocenters. The minimum atomic E-state index is -0.624. The monoisotopic (exact) mass is 734 g/mol. The number of nitrogens with one attached hydrogen (secondary N) is 1. The van der Waals surface area contributed by atoms with Gasteiger partial charge in [-0.15, -0.1) is 0 Å². The van der Waals surface area contributed by atoms with Crippen LogP contribution in [0, 0.1) is 12.9 Å². The van der Waals surface area contributed by atoms with E-state index in [0.29, 0.717) is 36.0 Å². The summed E-state index contributed by atoms with van der Waals surface area (Å²) in [7, 11) is 0. The third-order valence-corrected chi connectivity index (χ3v) is 8.11. The van der Waals surface area contributed by atoms with E-state index in [1.165, 1.54) is 28.2 Å². The molecule has 2 amide bonds. The SMILES string of the molecule is C=O.Cc1ccc(O)cc1.NC1CN(Cc2cccc3ncccc23)C(=O)CN1C(=O)CNCc1cc(-c2cccc(F)n2)no1.NCc1ccccc1. The summed E-state index contributed by atoms with van der Waals surface area (Å²) in [5, 5.41) is 16.6. The van der Waals surface area contributed by atoms with Crippen LogP contribution in [-0.4, -0.2) is 74.4 Å². The summed E-state index contributed by atoms with van der Waals surface area (Å²) >= 11 is 0. The number of fused-ring (bicyclic) bond motifs is 1. The Hall–Kier alpha value is -6.35. The highest BCUT2D eigenvalue weighted by Gasteiger charge is 2.33. The lowest BCUT2D eigenvalue weighted by molar-refractivity contribution is -0.148. The predicted molar refractivity (Wildman–Crippen MR) is 203 cm³/mol. The molecular weight excluding hydrogens is 691 g/mol. The number of amides is 2. The molecule has 0 aliphatic carbocycles. The molecule has 4 heterocycles. The zero-order valence-corrected chi connectivity index (χ0v) is 29.8. The molecule has 1 atom stereocenters. The Bertz CT molecular complexity index is 2050. The second-order valence-electron chi connectivity index (χ2n) is 12.0. The fraction of sp³-hybridized carbons (Fsp3) is 0.200. The van der Waals surface area contributed by atoms with E-state index < -0.39 is 12.1 Å². The lowest BCUT2D eigenvalue weighted by Gasteiger charge is -2.39. The quantitative estimate of drug-likeness (QED) is 0.163. The van der Waals surface area contributed by atoms with Gasteiger partial charge in [-0.2, -0.15) is 4.39 Å². The summed E-state index contributed by atoms with van der Waals surface area (Å²) in [6.45, 7) is 5.33. The van der Waals surface area contributed by atoms with Gasteiger partial charge in [0.05, 0.1) is 37.0 Å². The van der Waals surface area contributed by atoms with Gasteiger partial charge in [-0.25, -0.2) is 4.98 Å². The van der Waals surface area contributed by atoms with Crippen LogP contribution >= 0.6 is 0 Å². The van der Waals surface area contributed by atoms with E-state index in [0.717, 1.165) is 16.5 Å². The lowest BCUT2D eigenvalue weighted by Crippen LogP contribution is -2.62. The molecule has 54 heavy (non-hydrogen) atoms. The number of carbonyl (C=O) groups is 3. The number of carbonyl (C=O) groups excluding carboxylic acids is 3. The number of piperazine rings is 1. The van der Waals surface area contributed by atoms with Gasteiger partial charge in [0.1, 0.15) is 24.8 Å². The molecule has 14 heteroatoms. The molecule has 13 nitrogen and oxygen atoms in total. The van der Waals surface area contributed by atoms with Crippen LogP contribution < -0.4 is 16.8 Å². The summed E-state index contributed by atoms with van der Waals surface area (Å²) in [6, 6.07) is 32.7. The van der Waals surface area contributed by atoms with Crippen molar-refractivity contribution in [3.05, 3.63) is 144 Å². The highest BCUT2D eigenvalue weighted by molar-refractivity contribution is 5.88. The minimum absolute atomic E-state index is 0.0375. The normalized spacial score (nSPS) is 13.5. The van der Waals surface area contributed by atoms with E-state index in [1.54, 1.807) is 35.4 Å². The van der Waals surface area contributed by atoms with Crippen LogP contribution in [0.2, 0.25) is 0 Å². The standard InChI is InChI=1S/C25H24FN7O3.C7H9N.C7H8O.CH2O/c26-22-8-2-7-20(30-22)21-10-17(36-31-21)11-28-12-24(34)33-15-25(35)32(14-23(33)27)13-16-4-1-6-19-18(16)5-3-9-29-19;8-6-7-4-2-1-3-5-7;1-6-2-4-7(8)5-3-6;1-2/h1-10,23,28H,11-15,27H2;1-5H,6,8H2;2-5,8H,1H3;1H2. The molecular formula is C40H43FN8O5. The molecule has 3 aromatic carbocycles. The first-order valence-corrected chi connectivity index (χ1v) is 16.9. The van der Waals surface area contributed by atoms with Gasteiger partial charge in [-0.05, 0) is 54.4 Å². The molecule has 280 valence electrons. The summed E-state index contributed by atoms with van der Waals surface area (Å²) in [5.41, 5.74) is 16.5. The summed E-state index contributed by atoms with van der Waals surface area (Å²) in [6.07, 6.45) is 1.11. The first-order chi connectivity index (χ1) is 26.2. The highest BCUT2D eigenvalue weighted by atomic mass is 19.1. The van der Waals surface area contributed by atoms with Gasteiger partial charge in [0.2, 0.25) is 17.8 Å². The van der Waals surface area contributed by atoms with Crippen molar-refractivity contribution in [2.75, 3.05) is 19.6 Å². The van der Waals surface area contributed by atoms with Crippen molar-refractivity contribution in [3.8, 4) is 17.1 Å². The van der Waals surface area contributed by atoms with Crippen molar-refractivity contribution >= 4 is 29.5 Å². The third-order valence-electron chi connectivity index (χ3n) is 8.11. The number of aromatic hydroxyl groups is 1. The van der Waals surface area contributed by atoms with E-state index >= 15 is 0 Å². The molecule has 0 saturated carbocycles. The molecule has 0 bridgehead atoms. The third kappa shape index (κ3) is 11.8. The number of phenols is 1. The van der Waals surface area contributed by atoms with Crippen molar-refractivity contribution in [1.82, 2.24) is 30.2 Å². The van der Waals surface area contributed by atoms with E-state index in [2.05, 4.69) is 20.4 Å². The van der Waals surface area contributed by atoms with Crippen molar-refractivity contribution < 1.29 is 28.4 Å². The summed E-state index contributed by atoms with van der Waals surface area (Å²) in [5.74, 6) is -0.292. The van der Waals surface area contributed by atoms with Crippen molar-refractivity contribution in [1.29, 1.82) is 0 Å². The zero-order valence-electron chi connectivity index (χ0n) is 29.8. The number of aryl methyl sites for hydroxylation is 1. The van der Waals surface area contributed by atoms with Gasteiger partial charge in [0, 0.05) is 30.7 Å². The van der Waals surface area contributed by atoms with Gasteiger partial charge in [0.15, 0.2) is 5.76 Å². The van der Waals surface area contributed by atoms with Crippen LogP contribution in [0.1, 0.15) is 22.5 Å². The van der Waals surface area contributed by atoms with Crippen LogP contribution in [0.3, 0.4) is 0 Å². The number of nitrogens with zero attached hydrogens (tertiary/aromatic N) is 5. The topological polar surface area (TPSA) is 194 Å². The predicted octanol–water partition coefficient (Wildman–Crippen LogP) is 4.33. The van der Waals surface area contributed by atoms with Gasteiger partial charge in [-0.1, -0.05) is 77.5 Å². The molecule has 3 aromatic heterocycles. The molecule has 0 radical (unpaired) electrons. The van der Waals surface area contributed by atoms with Crippen LogP contribution in [-0.2, 0) is 34.0 Å². The summed E-state index contributed by atoms with van der Waals surface area (Å²) in [4.78, 5) is 44.8. The van der Waals surface area contributed by atoms with Crippen molar-refractivity contribution in [2.45, 2.75) is 32.7 Å². The van der Waals surface area contributed by atoms with E-state index in [4.69, 9.17) is 25.9 Å². The Morgan fingerprint density at radius 3 is 2.41 bits per heavy atom. The van der Waals surface area contributed by atoms with Crippen LogP contribution in [0.15, 0.2) is 120 Å². The van der Waals surface area contributed by atoms with Gasteiger partial charge >= 0.3 is 0 Å². The smallest absolute Gasteiger partial charge is 0.242 e. The number of pyridine rings is 2. The van der Waals surface area contributed by atoms with Crippen molar-refractivity contribution in [3.63, 3.8) is 0 Å². The number of hydrogen-bond donors (Lipinski definition) is 4. The molecule has 1 saturated heterocycles. The Balaban J connectivity index is 0.000000295. The minimum Gasteiger partial charge on any atom is -0.508 e. The maximum Gasteiger partial charge on any atom is 0.242 e. The lowest BCUT2D eigenvalue weighted by atomic mass is 10.1. The fourth-order valence-electron chi connectivity index (χ4n) is 5.35. The number of aromatic nitrogens is 3. The average Bonchev–Trinajstić information content (AvgIpc) is 3.68. The second kappa shape index (κ2) is 20.6. The maximum atomic E-state index is 13.3. The number of nitrogens with two attached hydrogens (primary N) is 2. The van der Waals surface area contributed by atoms with Crippen LogP contribution in [0.25, 0.3) is 22.3 Å². The van der Waals surface area contributed by atoms with Crippen LogP contribution in [0.4, 0.5) is 4.39 Å². The number of phenolic OH excluding ortho intramolecular Hbond substituents is 1. The van der Waals surface area contributed by atoms with E-state index in [1.807, 2.05) is 86.5 Å². The second-order valence-corrected chi connectivity index (χ2v) is 12.0. The molecule has 0 spiro atoms. The largest absolute Gasteiger partial charge is 0.508 e.